The van der Waals surface area contributed by atoms with Gasteiger partial charge in [0.15, 0.2) is 0 Å². The number of rotatable bonds is 2. The van der Waals surface area contributed by atoms with Crippen molar-refractivity contribution >= 4 is 16.8 Å². The molecule has 0 bridgehead atoms. The van der Waals surface area contributed by atoms with Crippen LogP contribution in [0.2, 0.25) is 0 Å². The lowest BCUT2D eigenvalue weighted by atomic mass is 10.0. The minimum atomic E-state index is 0.0638. The monoisotopic (exact) mass is 313 g/mol. The molecule has 1 aliphatic heterocycles. The van der Waals surface area contributed by atoms with Gasteiger partial charge in [0.25, 0.3) is 5.91 Å². The molecule has 1 saturated heterocycles. The molecule has 23 heavy (non-hydrogen) atoms. The van der Waals surface area contributed by atoms with Crippen molar-refractivity contribution in [1.29, 1.82) is 0 Å². The fourth-order valence-electron chi connectivity index (χ4n) is 3.30. The number of fused-ring (bicyclic) bond motifs is 1. The molecule has 1 aromatic carbocycles. The van der Waals surface area contributed by atoms with Crippen molar-refractivity contribution in [2.45, 2.75) is 32.9 Å². The Balaban J connectivity index is 2.05. The molecule has 122 valence electrons. The van der Waals surface area contributed by atoms with Crippen LogP contribution in [0.5, 0.6) is 5.75 Å². The third-order valence-corrected chi connectivity index (χ3v) is 4.22. The number of benzene rings is 1. The molecule has 2 heterocycles. The van der Waals surface area contributed by atoms with E-state index in [2.05, 4.69) is 24.1 Å². The largest absolute Gasteiger partial charge is 0.497 e. The normalized spacial score (nSPS) is 21.5. The fraction of sp³-hybridized carbons (Fsp3) is 0.444. The van der Waals surface area contributed by atoms with Crippen molar-refractivity contribution in [2.75, 3.05) is 20.2 Å². The second-order valence-corrected chi connectivity index (χ2v) is 6.37. The molecule has 1 amide bonds. The second-order valence-electron chi connectivity index (χ2n) is 6.37. The third kappa shape index (κ3) is 3.15. The summed E-state index contributed by atoms with van der Waals surface area (Å²) < 4.78 is 5.30. The van der Waals surface area contributed by atoms with Gasteiger partial charge in [-0.25, -0.2) is 0 Å². The summed E-state index contributed by atoms with van der Waals surface area (Å²) in [6, 6.07) is 8.14. The van der Waals surface area contributed by atoms with Crippen LogP contribution < -0.4 is 10.1 Å². The van der Waals surface area contributed by atoms with Crippen LogP contribution in [-0.2, 0) is 0 Å². The van der Waals surface area contributed by atoms with Crippen molar-refractivity contribution in [3.8, 4) is 5.75 Å². The van der Waals surface area contributed by atoms with Gasteiger partial charge in [0, 0.05) is 36.3 Å². The predicted molar refractivity (Wildman–Crippen MR) is 91.0 cm³/mol. The first kappa shape index (κ1) is 15.7. The average molecular weight is 313 g/mol. The highest BCUT2D eigenvalue weighted by Crippen LogP contribution is 2.25. The number of ether oxygens (including phenoxy) is 1. The zero-order chi connectivity index (χ0) is 16.6. The fourth-order valence-corrected chi connectivity index (χ4v) is 3.30. The van der Waals surface area contributed by atoms with Crippen LogP contribution in [0.25, 0.3) is 10.9 Å². The lowest BCUT2D eigenvalue weighted by molar-refractivity contribution is 0.0675. The highest BCUT2D eigenvalue weighted by molar-refractivity contribution is 6.06. The molecule has 0 unspecified atom stereocenters. The summed E-state index contributed by atoms with van der Waals surface area (Å²) in [6.45, 7) is 7.57. The van der Waals surface area contributed by atoms with Gasteiger partial charge in [0.1, 0.15) is 5.75 Å². The van der Waals surface area contributed by atoms with Gasteiger partial charge in [0.2, 0.25) is 0 Å². The van der Waals surface area contributed by atoms with Crippen LogP contribution in [0.1, 0.15) is 29.9 Å². The van der Waals surface area contributed by atoms with Crippen LogP contribution in [0, 0.1) is 6.92 Å². The van der Waals surface area contributed by atoms with Gasteiger partial charge in [-0.2, -0.15) is 0 Å². The minimum absolute atomic E-state index is 0.0638. The molecule has 5 nitrogen and oxygen atoms in total. The summed E-state index contributed by atoms with van der Waals surface area (Å²) >= 11 is 0. The van der Waals surface area contributed by atoms with E-state index in [-0.39, 0.29) is 5.91 Å². The topological polar surface area (TPSA) is 54.5 Å². The van der Waals surface area contributed by atoms with Gasteiger partial charge >= 0.3 is 0 Å². The number of carbonyl (C=O) groups is 1. The molecule has 0 spiro atoms. The van der Waals surface area contributed by atoms with E-state index < -0.39 is 0 Å². The van der Waals surface area contributed by atoms with E-state index in [4.69, 9.17) is 4.74 Å². The van der Waals surface area contributed by atoms with E-state index in [0.29, 0.717) is 17.6 Å². The number of pyridine rings is 1. The Bertz CT molecular complexity index is 734. The molecule has 1 aliphatic rings. The Morgan fingerprint density at radius 3 is 2.61 bits per heavy atom. The summed E-state index contributed by atoms with van der Waals surface area (Å²) in [5.74, 6) is 0.799. The SMILES string of the molecule is COc1ccc2nc(C)cc(C(=O)N3C[C@@H](C)N[C@H](C)C3)c2c1. The zero-order valence-corrected chi connectivity index (χ0v) is 14.1. The number of hydrogen-bond acceptors (Lipinski definition) is 4. The second kappa shape index (κ2) is 6.16. The van der Waals surface area contributed by atoms with E-state index in [9.17, 15) is 4.79 Å². The maximum atomic E-state index is 13.1. The Hall–Kier alpha value is -2.14. The summed E-state index contributed by atoms with van der Waals surface area (Å²) in [4.78, 5) is 19.5. The highest BCUT2D eigenvalue weighted by Gasteiger charge is 2.26. The number of piperazine rings is 1. The molecule has 3 rings (SSSR count). The summed E-state index contributed by atoms with van der Waals surface area (Å²) in [6.07, 6.45) is 0. The molecule has 2 atom stereocenters. The first-order valence-electron chi connectivity index (χ1n) is 7.98. The highest BCUT2D eigenvalue weighted by atomic mass is 16.5. The lowest BCUT2D eigenvalue weighted by Gasteiger charge is -2.36. The van der Waals surface area contributed by atoms with Gasteiger partial charge in [-0.1, -0.05) is 0 Å². The van der Waals surface area contributed by atoms with E-state index >= 15 is 0 Å². The van der Waals surface area contributed by atoms with Gasteiger partial charge in [-0.3, -0.25) is 9.78 Å². The maximum absolute atomic E-state index is 13.1. The van der Waals surface area contributed by atoms with Gasteiger partial charge in [0.05, 0.1) is 18.2 Å². The Morgan fingerprint density at radius 1 is 1.26 bits per heavy atom. The van der Waals surface area contributed by atoms with Crippen molar-refractivity contribution in [2.24, 2.45) is 0 Å². The summed E-state index contributed by atoms with van der Waals surface area (Å²) in [5.41, 5.74) is 2.38. The molecule has 0 aliphatic carbocycles. The van der Waals surface area contributed by atoms with Crippen molar-refractivity contribution in [1.82, 2.24) is 15.2 Å². The number of aromatic nitrogens is 1. The standard InChI is InChI=1S/C18H23N3O2/c1-11-7-16(15-8-14(23-4)5-6-17(15)20-11)18(22)21-9-12(2)19-13(3)10-21/h5-8,12-13,19H,9-10H2,1-4H3/t12-,13-/m1/s1. The minimum Gasteiger partial charge on any atom is -0.497 e. The van der Waals surface area contributed by atoms with Crippen LogP contribution in [0.3, 0.4) is 0 Å². The third-order valence-electron chi connectivity index (χ3n) is 4.22. The smallest absolute Gasteiger partial charge is 0.254 e. The summed E-state index contributed by atoms with van der Waals surface area (Å²) in [5, 5.41) is 4.30. The predicted octanol–water partition coefficient (Wildman–Crippen LogP) is 2.37. The Labute approximate surface area is 136 Å². The van der Waals surface area contributed by atoms with E-state index in [0.717, 1.165) is 35.4 Å². The molecule has 0 saturated carbocycles. The lowest BCUT2D eigenvalue weighted by Crippen LogP contribution is -2.55. The molecule has 0 radical (unpaired) electrons. The first-order valence-corrected chi connectivity index (χ1v) is 7.98. The van der Waals surface area contributed by atoms with Crippen molar-refractivity contribution in [3.63, 3.8) is 0 Å². The van der Waals surface area contributed by atoms with E-state index in [1.807, 2.05) is 36.1 Å². The number of hydrogen-bond donors (Lipinski definition) is 1. The average Bonchev–Trinajstić information content (AvgIpc) is 2.52. The summed E-state index contributed by atoms with van der Waals surface area (Å²) in [7, 11) is 1.63. The zero-order valence-electron chi connectivity index (χ0n) is 14.1. The number of methoxy groups -OCH3 is 1. The molecule has 1 aromatic heterocycles. The van der Waals surface area contributed by atoms with Gasteiger partial charge < -0.3 is 15.0 Å². The van der Waals surface area contributed by atoms with Crippen LogP contribution >= 0.6 is 0 Å². The quantitative estimate of drug-likeness (QED) is 0.925. The number of amides is 1. The molecule has 1 fully saturated rings. The van der Waals surface area contributed by atoms with Crippen LogP contribution in [0.4, 0.5) is 0 Å². The molecular weight excluding hydrogens is 290 g/mol. The first-order chi connectivity index (χ1) is 11.0. The van der Waals surface area contributed by atoms with Gasteiger partial charge in [-0.15, -0.1) is 0 Å². The van der Waals surface area contributed by atoms with Crippen LogP contribution in [-0.4, -0.2) is 48.1 Å². The Kier molecular flexibility index (Phi) is 4.22. The number of nitrogens with one attached hydrogen (secondary N) is 1. The van der Waals surface area contributed by atoms with E-state index in [1.54, 1.807) is 7.11 Å². The van der Waals surface area contributed by atoms with E-state index in [1.165, 1.54) is 0 Å². The van der Waals surface area contributed by atoms with Crippen molar-refractivity contribution in [3.05, 3.63) is 35.5 Å². The number of aryl methyl sites for hydroxylation is 1. The van der Waals surface area contributed by atoms with Crippen molar-refractivity contribution < 1.29 is 9.53 Å². The number of carbonyl (C=O) groups excluding carboxylic acids is 1. The maximum Gasteiger partial charge on any atom is 0.254 e. The molecule has 5 heteroatoms. The molecular formula is C18H23N3O2. The van der Waals surface area contributed by atoms with Gasteiger partial charge in [-0.05, 0) is 45.0 Å². The Morgan fingerprint density at radius 2 is 1.96 bits per heavy atom. The molecule has 1 N–H and O–H groups in total. The molecule has 2 aromatic rings. The van der Waals surface area contributed by atoms with Crippen LogP contribution in [0.15, 0.2) is 24.3 Å². The number of nitrogens with zero attached hydrogens (tertiary/aromatic N) is 2.